The molecule has 1 rings (SSSR count). The first-order valence-electron chi connectivity index (χ1n) is 3.77. The molecule has 0 aliphatic carbocycles. The summed E-state index contributed by atoms with van der Waals surface area (Å²) in [6, 6.07) is 6.94. The smallest absolute Gasteiger partial charge is 0.150 e. The maximum absolute atomic E-state index is 10.2. The van der Waals surface area contributed by atoms with Gasteiger partial charge in [0, 0.05) is 19.8 Å². The van der Waals surface area contributed by atoms with Crippen LogP contribution in [0.25, 0.3) is 0 Å². The van der Waals surface area contributed by atoms with Gasteiger partial charge in [0.25, 0.3) is 0 Å². The van der Waals surface area contributed by atoms with Gasteiger partial charge in [0.2, 0.25) is 0 Å². The number of carbonyl (C=O) groups is 1. The molecule has 0 heterocycles. The summed E-state index contributed by atoms with van der Waals surface area (Å²) >= 11 is 0. The molecule has 0 aliphatic rings. The SMILES string of the molecule is COC.COc1ccc(C=O)cc1. The largest absolute Gasteiger partial charge is 0.497 e. The van der Waals surface area contributed by atoms with Crippen molar-refractivity contribution in [1.29, 1.82) is 0 Å². The second-order valence-corrected chi connectivity index (χ2v) is 2.30. The van der Waals surface area contributed by atoms with Gasteiger partial charge in [-0.2, -0.15) is 0 Å². The number of methoxy groups -OCH3 is 2. The number of benzene rings is 1. The van der Waals surface area contributed by atoms with Gasteiger partial charge in [0.15, 0.2) is 0 Å². The van der Waals surface area contributed by atoms with E-state index in [1.54, 1.807) is 45.6 Å². The molecule has 0 saturated heterocycles. The molecule has 3 nitrogen and oxygen atoms in total. The number of hydrogen-bond acceptors (Lipinski definition) is 3. The van der Waals surface area contributed by atoms with Crippen LogP contribution < -0.4 is 4.74 Å². The Hall–Kier alpha value is -1.35. The summed E-state index contributed by atoms with van der Waals surface area (Å²) in [5.41, 5.74) is 0.667. The molecule has 0 spiro atoms. The summed E-state index contributed by atoms with van der Waals surface area (Å²) in [5, 5.41) is 0. The first-order chi connectivity index (χ1) is 6.28. The molecular weight excluding hydrogens is 168 g/mol. The maximum Gasteiger partial charge on any atom is 0.150 e. The Morgan fingerprint density at radius 3 is 1.85 bits per heavy atom. The van der Waals surface area contributed by atoms with Crippen LogP contribution in [0.1, 0.15) is 10.4 Å². The van der Waals surface area contributed by atoms with E-state index in [4.69, 9.17) is 4.74 Å². The van der Waals surface area contributed by atoms with Crippen LogP contribution in [0, 0.1) is 0 Å². The van der Waals surface area contributed by atoms with E-state index in [0.29, 0.717) is 5.56 Å². The molecule has 0 bridgehead atoms. The Labute approximate surface area is 78.3 Å². The van der Waals surface area contributed by atoms with Crippen LogP contribution in [0.2, 0.25) is 0 Å². The zero-order chi connectivity index (χ0) is 10.1. The third-order valence-corrected chi connectivity index (χ3v) is 1.25. The summed E-state index contributed by atoms with van der Waals surface area (Å²) in [5.74, 6) is 0.769. The van der Waals surface area contributed by atoms with Gasteiger partial charge in [-0.3, -0.25) is 4.79 Å². The standard InChI is InChI=1S/C8H8O2.C2H6O/c1-10-8-4-2-7(6-9)3-5-8;1-3-2/h2-6H,1H3;1-2H3. The van der Waals surface area contributed by atoms with E-state index in [1.807, 2.05) is 0 Å². The molecule has 0 aliphatic heterocycles. The average molecular weight is 182 g/mol. The molecule has 0 saturated carbocycles. The number of ether oxygens (including phenoxy) is 2. The first kappa shape index (κ1) is 11.6. The summed E-state index contributed by atoms with van der Waals surface area (Å²) < 4.78 is 9.15. The minimum absolute atomic E-state index is 0.667. The highest BCUT2D eigenvalue weighted by Crippen LogP contribution is 2.09. The third kappa shape index (κ3) is 4.98. The van der Waals surface area contributed by atoms with E-state index in [1.165, 1.54) is 0 Å². The van der Waals surface area contributed by atoms with E-state index < -0.39 is 0 Å². The predicted molar refractivity (Wildman–Crippen MR) is 51.3 cm³/mol. The normalized spacial score (nSPS) is 8.23. The molecule has 0 unspecified atom stereocenters. The van der Waals surface area contributed by atoms with Crippen LogP contribution in [0.3, 0.4) is 0 Å². The molecule has 3 heteroatoms. The summed E-state index contributed by atoms with van der Waals surface area (Å²) in [7, 11) is 4.84. The van der Waals surface area contributed by atoms with Gasteiger partial charge in [-0.15, -0.1) is 0 Å². The lowest BCUT2D eigenvalue weighted by molar-refractivity contribution is 0.112. The molecule has 72 valence electrons. The van der Waals surface area contributed by atoms with Crippen molar-refractivity contribution < 1.29 is 14.3 Å². The van der Waals surface area contributed by atoms with Crippen molar-refractivity contribution in [2.75, 3.05) is 21.3 Å². The highest BCUT2D eigenvalue weighted by molar-refractivity contribution is 5.74. The van der Waals surface area contributed by atoms with Crippen LogP contribution in [-0.4, -0.2) is 27.6 Å². The van der Waals surface area contributed by atoms with Crippen molar-refractivity contribution in [3.63, 3.8) is 0 Å². The van der Waals surface area contributed by atoms with E-state index >= 15 is 0 Å². The number of carbonyl (C=O) groups excluding carboxylic acids is 1. The molecule has 0 amide bonds. The minimum atomic E-state index is 0.667. The van der Waals surface area contributed by atoms with Gasteiger partial charge in [-0.05, 0) is 24.3 Å². The highest BCUT2D eigenvalue weighted by Gasteiger charge is 1.89. The van der Waals surface area contributed by atoms with Gasteiger partial charge < -0.3 is 9.47 Å². The topological polar surface area (TPSA) is 35.5 Å². The zero-order valence-corrected chi connectivity index (χ0v) is 8.11. The van der Waals surface area contributed by atoms with Crippen molar-refractivity contribution >= 4 is 6.29 Å². The first-order valence-corrected chi connectivity index (χ1v) is 3.77. The number of aldehydes is 1. The van der Waals surface area contributed by atoms with Crippen molar-refractivity contribution in [2.45, 2.75) is 0 Å². The highest BCUT2D eigenvalue weighted by atomic mass is 16.5. The Balaban J connectivity index is 0.000000424. The van der Waals surface area contributed by atoms with E-state index in [-0.39, 0.29) is 0 Å². The van der Waals surface area contributed by atoms with Gasteiger partial charge in [-0.25, -0.2) is 0 Å². The van der Waals surface area contributed by atoms with Crippen molar-refractivity contribution in [3.05, 3.63) is 29.8 Å². The fourth-order valence-electron chi connectivity index (χ4n) is 0.682. The van der Waals surface area contributed by atoms with Crippen LogP contribution in [0.5, 0.6) is 5.75 Å². The van der Waals surface area contributed by atoms with Crippen molar-refractivity contribution in [3.8, 4) is 5.75 Å². The summed E-state index contributed by atoms with van der Waals surface area (Å²) in [4.78, 5) is 10.2. The van der Waals surface area contributed by atoms with Crippen molar-refractivity contribution in [1.82, 2.24) is 0 Å². The van der Waals surface area contributed by atoms with Crippen LogP contribution in [0.15, 0.2) is 24.3 Å². The Morgan fingerprint density at radius 1 is 1.08 bits per heavy atom. The maximum atomic E-state index is 10.2. The molecule has 1 aromatic rings. The molecule has 0 atom stereocenters. The van der Waals surface area contributed by atoms with Gasteiger partial charge in [0.05, 0.1) is 7.11 Å². The van der Waals surface area contributed by atoms with Crippen molar-refractivity contribution in [2.24, 2.45) is 0 Å². The lowest BCUT2D eigenvalue weighted by atomic mass is 10.2. The van der Waals surface area contributed by atoms with Gasteiger partial charge in [-0.1, -0.05) is 0 Å². The Bertz CT molecular complexity index is 228. The molecule has 1 aromatic carbocycles. The Kier molecular flexibility index (Phi) is 6.55. The molecule has 0 radical (unpaired) electrons. The molecule has 13 heavy (non-hydrogen) atoms. The van der Waals surface area contributed by atoms with E-state index in [9.17, 15) is 4.79 Å². The van der Waals surface area contributed by atoms with Gasteiger partial charge in [0.1, 0.15) is 12.0 Å². The average Bonchev–Trinajstić information content (AvgIpc) is 2.19. The van der Waals surface area contributed by atoms with Gasteiger partial charge >= 0.3 is 0 Å². The fourth-order valence-corrected chi connectivity index (χ4v) is 0.682. The number of rotatable bonds is 2. The lowest BCUT2D eigenvalue weighted by Gasteiger charge is -1.96. The summed E-state index contributed by atoms with van der Waals surface area (Å²) in [6.07, 6.45) is 0.805. The lowest BCUT2D eigenvalue weighted by Crippen LogP contribution is -1.82. The number of hydrogen-bond donors (Lipinski definition) is 0. The van der Waals surface area contributed by atoms with Crippen LogP contribution in [0.4, 0.5) is 0 Å². The second kappa shape index (κ2) is 7.31. The molecule has 0 N–H and O–H groups in total. The monoisotopic (exact) mass is 182 g/mol. The Morgan fingerprint density at radius 2 is 1.54 bits per heavy atom. The minimum Gasteiger partial charge on any atom is -0.497 e. The predicted octanol–water partition coefficient (Wildman–Crippen LogP) is 1.77. The van der Waals surface area contributed by atoms with Crippen LogP contribution in [-0.2, 0) is 4.74 Å². The van der Waals surface area contributed by atoms with E-state index in [0.717, 1.165) is 12.0 Å². The molecule has 0 fully saturated rings. The molecular formula is C10H14O3. The third-order valence-electron chi connectivity index (χ3n) is 1.25. The van der Waals surface area contributed by atoms with Crippen LogP contribution >= 0.6 is 0 Å². The molecule has 0 aromatic heterocycles. The fraction of sp³-hybridized carbons (Fsp3) is 0.300. The van der Waals surface area contributed by atoms with E-state index in [2.05, 4.69) is 4.74 Å². The second-order valence-electron chi connectivity index (χ2n) is 2.30. The zero-order valence-electron chi connectivity index (χ0n) is 8.11. The summed E-state index contributed by atoms with van der Waals surface area (Å²) in [6.45, 7) is 0. The quantitative estimate of drug-likeness (QED) is 0.654.